The zero-order valence-corrected chi connectivity index (χ0v) is 7.62. The normalized spacial score (nSPS) is 34.4. The van der Waals surface area contributed by atoms with E-state index >= 15 is 0 Å². The molecule has 0 aromatic rings. The molecule has 12 heavy (non-hydrogen) atoms. The van der Waals surface area contributed by atoms with Gasteiger partial charge in [-0.3, -0.25) is 0 Å². The van der Waals surface area contributed by atoms with Crippen molar-refractivity contribution in [1.29, 1.82) is 0 Å². The Bertz CT molecular complexity index is 201. The Morgan fingerprint density at radius 1 is 1.50 bits per heavy atom. The topological polar surface area (TPSA) is 30.8 Å². The molecule has 2 rings (SSSR count). The molecule has 0 amide bonds. The minimum atomic E-state index is 0.399. The minimum Gasteiger partial charge on any atom is -0.395 e. The first kappa shape index (κ1) is 8.05. The number of nitrogens with zero attached hydrogens (tertiary/aromatic N) is 1. The number of hydrogen-bond donors (Lipinski definition) is 0. The van der Waals surface area contributed by atoms with Crippen molar-refractivity contribution in [3.63, 3.8) is 0 Å². The summed E-state index contributed by atoms with van der Waals surface area (Å²) < 4.78 is 5.64. The molecular weight excluding hydrogens is 154 g/mol. The largest absolute Gasteiger partial charge is 0.395 e. The number of ether oxygens (including phenoxy) is 1. The highest BCUT2D eigenvalue weighted by atomic mass is 16.6. The Balaban J connectivity index is 1.98. The van der Waals surface area contributed by atoms with Gasteiger partial charge in [0.25, 0.3) is 0 Å². The fourth-order valence-corrected chi connectivity index (χ4v) is 1.73. The van der Waals surface area contributed by atoms with Gasteiger partial charge >= 0.3 is 0 Å². The van der Waals surface area contributed by atoms with Crippen LogP contribution >= 0.6 is 0 Å². The van der Waals surface area contributed by atoms with Crippen LogP contribution in [0.25, 0.3) is 0 Å². The molecule has 0 aliphatic carbocycles. The summed E-state index contributed by atoms with van der Waals surface area (Å²) >= 11 is 0. The molecule has 2 aliphatic rings. The van der Waals surface area contributed by atoms with E-state index in [4.69, 9.17) is 9.57 Å². The third-order valence-electron chi connectivity index (χ3n) is 2.63. The average Bonchev–Trinajstić information content (AvgIpc) is 2.49. The van der Waals surface area contributed by atoms with Crippen LogP contribution in [-0.2, 0) is 9.57 Å². The molecule has 0 bridgehead atoms. The van der Waals surface area contributed by atoms with Crippen LogP contribution < -0.4 is 0 Å². The van der Waals surface area contributed by atoms with Crippen molar-refractivity contribution >= 4 is 5.71 Å². The van der Waals surface area contributed by atoms with Gasteiger partial charge in [-0.15, -0.1) is 0 Å². The Labute approximate surface area is 72.7 Å². The fourth-order valence-electron chi connectivity index (χ4n) is 1.73. The summed E-state index contributed by atoms with van der Waals surface area (Å²) in [5.74, 6) is 1.14. The van der Waals surface area contributed by atoms with E-state index in [-0.39, 0.29) is 0 Å². The summed E-state index contributed by atoms with van der Waals surface area (Å²) in [5, 5.41) is 3.94. The van der Waals surface area contributed by atoms with Gasteiger partial charge in [0.1, 0.15) is 6.61 Å². The van der Waals surface area contributed by atoms with E-state index in [1.165, 1.54) is 0 Å². The lowest BCUT2D eigenvalue weighted by molar-refractivity contribution is 0.0142. The molecular formula is C9H15NO2. The SMILES string of the molecule is CC(C)[C@H]1C[C@@H]2CON=C2CO1. The van der Waals surface area contributed by atoms with Gasteiger partial charge < -0.3 is 9.57 Å². The lowest BCUT2D eigenvalue weighted by atomic mass is 9.90. The van der Waals surface area contributed by atoms with Crippen LogP contribution in [0.3, 0.4) is 0 Å². The monoisotopic (exact) mass is 169 g/mol. The van der Waals surface area contributed by atoms with Crippen molar-refractivity contribution in [2.45, 2.75) is 26.4 Å². The van der Waals surface area contributed by atoms with Crippen molar-refractivity contribution in [2.24, 2.45) is 17.0 Å². The summed E-state index contributed by atoms with van der Waals surface area (Å²) in [6, 6.07) is 0. The van der Waals surface area contributed by atoms with Gasteiger partial charge in [0.05, 0.1) is 18.4 Å². The quantitative estimate of drug-likeness (QED) is 0.594. The van der Waals surface area contributed by atoms with E-state index in [1.54, 1.807) is 0 Å². The Hall–Kier alpha value is -0.570. The molecule has 2 atom stereocenters. The van der Waals surface area contributed by atoms with Gasteiger partial charge in [0.2, 0.25) is 0 Å². The molecule has 0 unspecified atom stereocenters. The van der Waals surface area contributed by atoms with Gasteiger partial charge in [-0.25, -0.2) is 0 Å². The maximum absolute atomic E-state index is 5.64. The van der Waals surface area contributed by atoms with Crippen LogP contribution in [0.4, 0.5) is 0 Å². The highest BCUT2D eigenvalue weighted by Gasteiger charge is 2.33. The summed E-state index contributed by atoms with van der Waals surface area (Å²) in [4.78, 5) is 5.03. The van der Waals surface area contributed by atoms with E-state index < -0.39 is 0 Å². The van der Waals surface area contributed by atoms with E-state index in [9.17, 15) is 0 Å². The molecule has 68 valence electrons. The Kier molecular flexibility index (Phi) is 2.05. The second-order valence-corrected chi connectivity index (χ2v) is 3.90. The second kappa shape index (κ2) is 3.05. The summed E-state index contributed by atoms with van der Waals surface area (Å²) in [5.41, 5.74) is 1.10. The predicted molar refractivity (Wildman–Crippen MR) is 46.1 cm³/mol. The molecule has 0 aromatic carbocycles. The van der Waals surface area contributed by atoms with E-state index in [0.717, 1.165) is 18.7 Å². The lowest BCUT2D eigenvalue weighted by Gasteiger charge is -2.28. The smallest absolute Gasteiger partial charge is 0.125 e. The fraction of sp³-hybridized carbons (Fsp3) is 0.889. The van der Waals surface area contributed by atoms with Crippen molar-refractivity contribution in [2.75, 3.05) is 13.2 Å². The maximum atomic E-state index is 5.64. The summed E-state index contributed by atoms with van der Waals surface area (Å²) in [7, 11) is 0. The van der Waals surface area contributed by atoms with Gasteiger partial charge in [0.15, 0.2) is 0 Å². The highest BCUT2D eigenvalue weighted by Crippen LogP contribution is 2.26. The third-order valence-corrected chi connectivity index (χ3v) is 2.63. The molecule has 0 saturated carbocycles. The van der Waals surface area contributed by atoms with Crippen LogP contribution in [0, 0.1) is 11.8 Å². The zero-order valence-electron chi connectivity index (χ0n) is 7.62. The number of fused-ring (bicyclic) bond motifs is 1. The molecule has 0 spiro atoms. The van der Waals surface area contributed by atoms with Crippen molar-refractivity contribution in [3.05, 3.63) is 0 Å². The van der Waals surface area contributed by atoms with Crippen molar-refractivity contribution < 1.29 is 9.57 Å². The number of hydrogen-bond acceptors (Lipinski definition) is 3. The zero-order chi connectivity index (χ0) is 8.55. The molecule has 2 aliphatic heterocycles. The molecule has 3 nitrogen and oxygen atoms in total. The molecule has 2 heterocycles. The van der Waals surface area contributed by atoms with Crippen LogP contribution in [0.5, 0.6) is 0 Å². The van der Waals surface area contributed by atoms with Crippen molar-refractivity contribution in [1.82, 2.24) is 0 Å². The minimum absolute atomic E-state index is 0.399. The Morgan fingerprint density at radius 3 is 3.08 bits per heavy atom. The second-order valence-electron chi connectivity index (χ2n) is 3.90. The third kappa shape index (κ3) is 1.33. The molecule has 0 radical (unpaired) electrons. The van der Waals surface area contributed by atoms with Crippen molar-refractivity contribution in [3.8, 4) is 0 Å². The van der Waals surface area contributed by atoms with Crippen LogP contribution in [0.2, 0.25) is 0 Å². The first-order valence-corrected chi connectivity index (χ1v) is 4.57. The molecule has 3 heteroatoms. The lowest BCUT2D eigenvalue weighted by Crippen LogP contribution is -2.36. The first-order valence-electron chi connectivity index (χ1n) is 4.57. The average molecular weight is 169 g/mol. The first-order chi connectivity index (χ1) is 5.77. The highest BCUT2D eigenvalue weighted by molar-refractivity contribution is 5.89. The van der Waals surface area contributed by atoms with Crippen LogP contribution in [-0.4, -0.2) is 25.0 Å². The van der Waals surface area contributed by atoms with Crippen LogP contribution in [0.1, 0.15) is 20.3 Å². The summed E-state index contributed by atoms with van der Waals surface area (Å²) in [6.07, 6.45) is 1.48. The van der Waals surface area contributed by atoms with Gasteiger partial charge in [-0.05, 0) is 12.3 Å². The molecule has 1 fully saturated rings. The van der Waals surface area contributed by atoms with Gasteiger partial charge in [-0.1, -0.05) is 19.0 Å². The number of rotatable bonds is 1. The van der Waals surface area contributed by atoms with E-state index in [1.807, 2.05) is 0 Å². The molecule has 0 aromatic heterocycles. The van der Waals surface area contributed by atoms with E-state index in [0.29, 0.717) is 24.5 Å². The Morgan fingerprint density at radius 2 is 2.33 bits per heavy atom. The maximum Gasteiger partial charge on any atom is 0.125 e. The molecule has 1 saturated heterocycles. The van der Waals surface area contributed by atoms with Gasteiger partial charge in [-0.2, -0.15) is 0 Å². The van der Waals surface area contributed by atoms with Crippen LogP contribution in [0.15, 0.2) is 5.16 Å². The van der Waals surface area contributed by atoms with Gasteiger partial charge in [0, 0.05) is 5.92 Å². The van der Waals surface area contributed by atoms with E-state index in [2.05, 4.69) is 19.0 Å². The molecule has 0 N–H and O–H groups in total. The summed E-state index contributed by atoms with van der Waals surface area (Å²) in [6.45, 7) is 5.83. The standard InChI is InChI=1S/C9H15NO2/c1-6(2)9-3-7-4-12-10-8(7)5-11-9/h6-7,9H,3-5H2,1-2H3/t7-,9-/m1/s1. The number of oxime groups is 1. The predicted octanol–water partition coefficient (Wildman–Crippen LogP) is 1.43.